The van der Waals surface area contributed by atoms with E-state index >= 15 is 0 Å². The highest BCUT2D eigenvalue weighted by Gasteiger charge is 2.15. The molecule has 1 aromatic rings. The molecule has 2 rings (SSSR count). The van der Waals surface area contributed by atoms with Crippen molar-refractivity contribution >= 4 is 24.0 Å². The van der Waals surface area contributed by atoms with Gasteiger partial charge in [-0.15, -0.1) is 0 Å². The number of carbonyl (C=O) groups excluding carboxylic acids is 1. The molecule has 3 nitrogen and oxygen atoms in total. The lowest BCUT2D eigenvalue weighted by atomic mass is 10.1. The first kappa shape index (κ1) is 9.15. The molecule has 1 aliphatic heterocycles. The molecule has 72 valence electrons. The first-order chi connectivity index (χ1) is 6.83. The normalized spacial score (nSPS) is 12.9. The van der Waals surface area contributed by atoms with Gasteiger partial charge < -0.3 is 9.46 Å². The van der Waals surface area contributed by atoms with E-state index in [4.69, 9.17) is 4.74 Å². The number of rotatable bonds is 1. The average Bonchev–Trinajstić information content (AvgIpc) is 2.27. The summed E-state index contributed by atoms with van der Waals surface area (Å²) in [6, 6.07) is 5.58. The van der Waals surface area contributed by atoms with Gasteiger partial charge in [-0.3, -0.25) is 0 Å². The number of esters is 1. The molecule has 0 saturated heterocycles. The molecule has 14 heavy (non-hydrogen) atoms. The van der Waals surface area contributed by atoms with Gasteiger partial charge in [-0.1, -0.05) is 12.1 Å². The van der Waals surface area contributed by atoms with Crippen molar-refractivity contribution in [2.45, 2.75) is 4.90 Å². The molecule has 0 radical (unpaired) electrons. The van der Waals surface area contributed by atoms with Crippen LogP contribution in [0.3, 0.4) is 0 Å². The van der Waals surface area contributed by atoms with Gasteiger partial charge in [-0.25, -0.2) is 4.79 Å². The lowest BCUT2D eigenvalue weighted by molar-refractivity contribution is 0.0596. The number of hydrogen-bond acceptors (Lipinski definition) is 4. The third-order valence-electron chi connectivity index (χ3n) is 1.94. The fourth-order valence-electron chi connectivity index (χ4n) is 1.29. The summed E-state index contributed by atoms with van der Waals surface area (Å²) in [6.07, 6.45) is 3.77. The maximum absolute atomic E-state index is 11.4. The van der Waals surface area contributed by atoms with Gasteiger partial charge in [0.05, 0.1) is 17.6 Å². The van der Waals surface area contributed by atoms with E-state index in [-0.39, 0.29) is 5.97 Å². The summed E-state index contributed by atoms with van der Waals surface area (Å²) in [4.78, 5) is 12.3. The van der Waals surface area contributed by atoms with Crippen LogP contribution in [0, 0.1) is 0 Å². The number of carbonyl (C=O) groups is 1. The smallest absolute Gasteiger partial charge is 0.339 e. The molecule has 1 aliphatic rings. The van der Waals surface area contributed by atoms with E-state index in [0.29, 0.717) is 5.56 Å². The highest BCUT2D eigenvalue weighted by atomic mass is 32.2. The van der Waals surface area contributed by atoms with Gasteiger partial charge in [0, 0.05) is 6.20 Å². The van der Waals surface area contributed by atoms with Crippen LogP contribution in [-0.2, 0) is 4.74 Å². The Hall–Kier alpha value is -1.42. The number of methoxy groups -OCH3 is 1. The van der Waals surface area contributed by atoms with Crippen LogP contribution in [0.15, 0.2) is 29.3 Å². The molecule has 0 aliphatic carbocycles. The minimum absolute atomic E-state index is 0.300. The topological polar surface area (TPSA) is 38.3 Å². The number of fused-ring (bicyclic) bond motifs is 1. The fourth-order valence-corrected chi connectivity index (χ4v) is 2.06. The Morgan fingerprint density at radius 2 is 2.36 bits per heavy atom. The Kier molecular flexibility index (Phi) is 2.45. The summed E-state index contributed by atoms with van der Waals surface area (Å²) in [6.45, 7) is 0. The fraction of sp³-hybridized carbons (Fsp3) is 0.100. The quantitative estimate of drug-likeness (QED) is 0.565. The molecule has 0 saturated carbocycles. The maximum atomic E-state index is 11.4. The molecule has 0 unspecified atom stereocenters. The molecule has 1 heterocycles. The first-order valence-corrected chi connectivity index (χ1v) is 4.95. The highest BCUT2D eigenvalue weighted by Crippen LogP contribution is 2.29. The predicted molar refractivity (Wildman–Crippen MR) is 55.8 cm³/mol. The van der Waals surface area contributed by atoms with Crippen molar-refractivity contribution in [3.63, 3.8) is 0 Å². The Morgan fingerprint density at radius 1 is 1.50 bits per heavy atom. The molecule has 0 atom stereocenters. The van der Waals surface area contributed by atoms with Crippen molar-refractivity contribution in [3.8, 4) is 0 Å². The van der Waals surface area contributed by atoms with Crippen LogP contribution >= 0.6 is 11.9 Å². The van der Waals surface area contributed by atoms with E-state index in [1.165, 1.54) is 19.1 Å². The lowest BCUT2D eigenvalue weighted by Gasteiger charge is -2.13. The molecule has 0 fully saturated rings. The van der Waals surface area contributed by atoms with E-state index in [1.807, 2.05) is 24.4 Å². The average molecular weight is 207 g/mol. The van der Waals surface area contributed by atoms with Crippen LogP contribution in [0.5, 0.6) is 0 Å². The summed E-state index contributed by atoms with van der Waals surface area (Å²) in [7, 11) is 1.39. The minimum atomic E-state index is -0.300. The van der Waals surface area contributed by atoms with Gasteiger partial charge in [0.15, 0.2) is 0 Å². The molecule has 1 N–H and O–H groups in total. The van der Waals surface area contributed by atoms with Crippen LogP contribution in [0.1, 0.15) is 15.9 Å². The molecule has 0 bridgehead atoms. The lowest BCUT2D eigenvalue weighted by Crippen LogP contribution is -2.07. The van der Waals surface area contributed by atoms with E-state index in [9.17, 15) is 4.79 Å². The Labute approximate surface area is 86.3 Å². The van der Waals surface area contributed by atoms with Gasteiger partial charge in [-0.05, 0) is 29.7 Å². The second kappa shape index (κ2) is 3.75. The van der Waals surface area contributed by atoms with E-state index < -0.39 is 0 Å². The summed E-state index contributed by atoms with van der Waals surface area (Å²) in [5.74, 6) is -0.300. The highest BCUT2D eigenvalue weighted by molar-refractivity contribution is 7.97. The van der Waals surface area contributed by atoms with Crippen molar-refractivity contribution < 1.29 is 9.53 Å². The molecule has 0 spiro atoms. The first-order valence-electron chi connectivity index (χ1n) is 4.13. The number of hydrogen-bond donors (Lipinski definition) is 1. The summed E-state index contributed by atoms with van der Waals surface area (Å²) in [5.41, 5.74) is 1.64. The van der Waals surface area contributed by atoms with Crippen LogP contribution in [0.25, 0.3) is 6.08 Å². The molecule has 0 amide bonds. The summed E-state index contributed by atoms with van der Waals surface area (Å²) in [5, 5.41) is 0. The monoisotopic (exact) mass is 207 g/mol. The third kappa shape index (κ3) is 1.48. The van der Waals surface area contributed by atoms with Crippen molar-refractivity contribution in [2.24, 2.45) is 0 Å². The third-order valence-corrected chi connectivity index (χ3v) is 2.86. The van der Waals surface area contributed by atoms with Crippen molar-refractivity contribution in [1.29, 1.82) is 0 Å². The number of nitrogens with one attached hydrogen (secondary N) is 1. The Balaban J connectivity index is 2.51. The van der Waals surface area contributed by atoms with Crippen LogP contribution in [0.2, 0.25) is 0 Å². The van der Waals surface area contributed by atoms with Crippen molar-refractivity contribution in [3.05, 3.63) is 35.5 Å². The summed E-state index contributed by atoms with van der Waals surface area (Å²) >= 11 is 1.42. The molecular formula is C10H9NO2S. The van der Waals surface area contributed by atoms with Gasteiger partial charge >= 0.3 is 5.97 Å². The van der Waals surface area contributed by atoms with Gasteiger partial charge in [0.25, 0.3) is 0 Å². The van der Waals surface area contributed by atoms with Gasteiger partial charge in [0.1, 0.15) is 0 Å². The van der Waals surface area contributed by atoms with E-state index in [0.717, 1.165) is 10.5 Å². The zero-order valence-corrected chi connectivity index (χ0v) is 8.43. The molecule has 0 aromatic heterocycles. The largest absolute Gasteiger partial charge is 0.465 e. The molecule has 4 heteroatoms. The SMILES string of the molecule is COC(=O)c1cccc2c1SNC=C2. The summed E-state index contributed by atoms with van der Waals surface area (Å²) < 4.78 is 7.69. The van der Waals surface area contributed by atoms with Gasteiger partial charge in [-0.2, -0.15) is 0 Å². The van der Waals surface area contributed by atoms with Crippen molar-refractivity contribution in [1.82, 2.24) is 4.72 Å². The zero-order chi connectivity index (χ0) is 9.97. The zero-order valence-electron chi connectivity index (χ0n) is 7.61. The van der Waals surface area contributed by atoms with E-state index in [1.54, 1.807) is 6.07 Å². The number of benzene rings is 1. The predicted octanol–water partition coefficient (Wildman–Crippen LogP) is 2.05. The molecular weight excluding hydrogens is 198 g/mol. The standard InChI is InChI=1S/C10H9NO2S/c1-13-10(12)8-4-2-3-7-5-6-11-14-9(7)8/h2-6,11H,1H3. The minimum Gasteiger partial charge on any atom is -0.465 e. The van der Waals surface area contributed by atoms with Crippen LogP contribution in [0.4, 0.5) is 0 Å². The van der Waals surface area contributed by atoms with E-state index in [2.05, 4.69) is 4.72 Å². The van der Waals surface area contributed by atoms with Gasteiger partial charge in [0.2, 0.25) is 0 Å². The molecule has 1 aromatic carbocycles. The van der Waals surface area contributed by atoms with Crippen LogP contribution in [-0.4, -0.2) is 13.1 Å². The van der Waals surface area contributed by atoms with Crippen molar-refractivity contribution in [2.75, 3.05) is 7.11 Å². The second-order valence-electron chi connectivity index (χ2n) is 2.77. The maximum Gasteiger partial charge on any atom is 0.339 e. The Morgan fingerprint density at radius 3 is 3.14 bits per heavy atom. The Bertz CT molecular complexity index is 401. The van der Waals surface area contributed by atoms with Crippen LogP contribution < -0.4 is 4.72 Å². The second-order valence-corrected chi connectivity index (χ2v) is 3.62. The number of ether oxygens (including phenoxy) is 1.